The maximum Gasteiger partial charge on any atom is 0.0461 e. The molecule has 50 heavy (non-hydrogen) atoms. The Hall–Kier alpha value is -5.34. The van der Waals surface area contributed by atoms with E-state index >= 15 is 0 Å². The van der Waals surface area contributed by atoms with Crippen molar-refractivity contribution in [2.24, 2.45) is 0 Å². The van der Waals surface area contributed by atoms with Crippen molar-refractivity contribution in [3.63, 3.8) is 0 Å². The molecule has 0 aliphatic heterocycles. The van der Waals surface area contributed by atoms with E-state index in [1.165, 1.54) is 65.9 Å². The molecule has 0 amide bonds. The van der Waals surface area contributed by atoms with Gasteiger partial charge in [-0.2, -0.15) is 0 Å². The predicted molar refractivity (Wildman–Crippen MR) is 212 cm³/mol. The number of benzene rings is 6. The number of allylic oxidation sites excluding steroid dienone is 2. The average Bonchev–Trinajstić information content (AvgIpc) is 3.21. The van der Waals surface area contributed by atoms with Gasteiger partial charge in [-0.3, -0.25) is 0 Å². The summed E-state index contributed by atoms with van der Waals surface area (Å²) in [6, 6.07) is 60.3. The molecule has 0 bridgehead atoms. The van der Waals surface area contributed by atoms with Crippen molar-refractivity contribution in [3.8, 4) is 0 Å². The zero-order chi connectivity index (χ0) is 33.6. The van der Waals surface area contributed by atoms with E-state index in [0.717, 1.165) is 36.3 Å². The molecule has 1 fully saturated rings. The molecule has 0 saturated heterocycles. The van der Waals surface area contributed by atoms with E-state index in [9.17, 15) is 0 Å². The van der Waals surface area contributed by atoms with Crippen LogP contribution in [-0.4, -0.2) is 0 Å². The number of rotatable bonds is 9. The molecular weight excluding hydrogens is 605 g/mol. The van der Waals surface area contributed by atoms with E-state index in [1.54, 1.807) is 0 Å². The fraction of sp³-hybridized carbons (Fsp3) is 0.208. The van der Waals surface area contributed by atoms with E-state index in [2.05, 4.69) is 186 Å². The van der Waals surface area contributed by atoms with Gasteiger partial charge in [-0.15, -0.1) is 0 Å². The van der Waals surface area contributed by atoms with Crippen molar-refractivity contribution < 1.29 is 0 Å². The Morgan fingerprint density at radius 1 is 0.400 bits per heavy atom. The highest BCUT2D eigenvalue weighted by atomic mass is 15.1. The molecule has 0 aromatic heterocycles. The van der Waals surface area contributed by atoms with Gasteiger partial charge in [0.25, 0.3) is 0 Å². The van der Waals surface area contributed by atoms with Crippen molar-refractivity contribution in [2.45, 2.75) is 62.7 Å². The fourth-order valence-corrected chi connectivity index (χ4v) is 8.34. The summed E-state index contributed by atoms with van der Waals surface area (Å²) in [6.07, 6.45) is 14.6. The Balaban J connectivity index is 1.12. The summed E-state index contributed by atoms with van der Waals surface area (Å²) in [4.78, 5) is 4.74. The summed E-state index contributed by atoms with van der Waals surface area (Å²) in [5.41, 5.74) is 11.2. The zero-order valence-electron chi connectivity index (χ0n) is 28.9. The van der Waals surface area contributed by atoms with Crippen LogP contribution in [0.25, 0.3) is 0 Å². The number of hydrogen-bond acceptors (Lipinski definition) is 2. The smallest absolute Gasteiger partial charge is 0.0461 e. The van der Waals surface area contributed by atoms with E-state index < -0.39 is 0 Å². The standard InChI is InChI=1S/C48H46N2/c1-6-16-38(17-7-1)39-24-30-45(31-25-39)50(44-22-12-4-13-23-44)47-34-28-41(29-35-47)48(36-14-5-15-37-48)40-26-32-46(33-27-40)49(42-18-8-2-9-19-42)43-20-10-3-11-21-43/h2-5,8-14,18-35,38H,1,6-7,15-17,36-37H2. The first-order valence-corrected chi connectivity index (χ1v) is 18.5. The van der Waals surface area contributed by atoms with Gasteiger partial charge in [0.05, 0.1) is 0 Å². The van der Waals surface area contributed by atoms with E-state index in [4.69, 9.17) is 0 Å². The maximum atomic E-state index is 2.40. The second-order valence-corrected chi connectivity index (χ2v) is 14.0. The third-order valence-electron chi connectivity index (χ3n) is 11.0. The molecular formula is C48H46N2. The molecule has 2 nitrogen and oxygen atoms in total. The fourth-order valence-electron chi connectivity index (χ4n) is 8.34. The molecule has 0 spiro atoms. The number of anilines is 6. The van der Waals surface area contributed by atoms with Crippen LogP contribution in [0.4, 0.5) is 34.1 Å². The highest BCUT2D eigenvalue weighted by Crippen LogP contribution is 2.45. The number of nitrogens with zero attached hydrogens (tertiary/aromatic N) is 2. The van der Waals surface area contributed by atoms with Gasteiger partial charge in [0, 0.05) is 39.5 Å². The molecule has 1 unspecified atom stereocenters. The van der Waals surface area contributed by atoms with Crippen LogP contribution < -0.4 is 9.80 Å². The van der Waals surface area contributed by atoms with Crippen molar-refractivity contribution in [3.05, 3.63) is 193 Å². The minimum Gasteiger partial charge on any atom is -0.311 e. The molecule has 8 rings (SSSR count). The molecule has 6 aromatic carbocycles. The molecule has 2 aliphatic carbocycles. The van der Waals surface area contributed by atoms with Crippen LogP contribution in [0.5, 0.6) is 0 Å². The van der Waals surface area contributed by atoms with Crippen LogP contribution >= 0.6 is 0 Å². The first kappa shape index (κ1) is 31.9. The minimum atomic E-state index is -0.0741. The van der Waals surface area contributed by atoms with Crippen LogP contribution in [0, 0.1) is 0 Å². The van der Waals surface area contributed by atoms with E-state index in [1.807, 2.05) is 0 Å². The summed E-state index contributed by atoms with van der Waals surface area (Å²) in [5.74, 6) is 0.705. The molecule has 2 aliphatic rings. The van der Waals surface area contributed by atoms with Crippen LogP contribution in [0.3, 0.4) is 0 Å². The Morgan fingerprint density at radius 3 is 1.20 bits per heavy atom. The molecule has 1 atom stereocenters. The molecule has 1 saturated carbocycles. The van der Waals surface area contributed by atoms with Crippen LogP contribution in [-0.2, 0) is 5.41 Å². The first-order valence-electron chi connectivity index (χ1n) is 18.5. The molecule has 2 heteroatoms. The van der Waals surface area contributed by atoms with E-state index in [0.29, 0.717) is 5.92 Å². The normalized spacial score (nSPS) is 17.7. The third-order valence-corrected chi connectivity index (χ3v) is 11.0. The molecule has 248 valence electrons. The average molecular weight is 651 g/mol. The topological polar surface area (TPSA) is 6.48 Å². The molecule has 0 N–H and O–H groups in total. The lowest BCUT2D eigenvalue weighted by atomic mass is 9.67. The largest absolute Gasteiger partial charge is 0.311 e. The highest BCUT2D eigenvalue weighted by molar-refractivity contribution is 5.78. The Kier molecular flexibility index (Phi) is 9.34. The van der Waals surface area contributed by atoms with Crippen molar-refractivity contribution >= 4 is 34.1 Å². The lowest BCUT2D eigenvalue weighted by Crippen LogP contribution is -2.29. The second-order valence-electron chi connectivity index (χ2n) is 14.0. The molecule has 0 radical (unpaired) electrons. The number of hydrogen-bond donors (Lipinski definition) is 0. The monoisotopic (exact) mass is 650 g/mol. The summed E-state index contributed by atoms with van der Waals surface area (Å²) < 4.78 is 0. The highest BCUT2D eigenvalue weighted by Gasteiger charge is 2.34. The zero-order valence-corrected chi connectivity index (χ0v) is 28.9. The van der Waals surface area contributed by atoms with Gasteiger partial charge in [0.15, 0.2) is 0 Å². The SMILES string of the molecule is C1=CCC(c2ccc(N(c3ccccc3)c3ccccc3)cc2)(c2ccc(N(c3ccccc3)c3ccc(C4CCCCC4)cc3)cc2)CC1. The molecule has 0 heterocycles. The van der Waals surface area contributed by atoms with Gasteiger partial charge >= 0.3 is 0 Å². The summed E-state index contributed by atoms with van der Waals surface area (Å²) in [7, 11) is 0. The lowest BCUT2D eigenvalue weighted by Gasteiger charge is -2.37. The van der Waals surface area contributed by atoms with Crippen LogP contribution in [0.2, 0.25) is 0 Å². The number of para-hydroxylation sites is 3. The van der Waals surface area contributed by atoms with Crippen LogP contribution in [0.15, 0.2) is 176 Å². The van der Waals surface area contributed by atoms with Crippen molar-refractivity contribution in [2.75, 3.05) is 9.80 Å². The first-order chi connectivity index (χ1) is 24.8. The lowest BCUT2D eigenvalue weighted by molar-refractivity contribution is 0.443. The van der Waals surface area contributed by atoms with Crippen molar-refractivity contribution in [1.82, 2.24) is 0 Å². The third kappa shape index (κ3) is 6.51. The summed E-state index contributed by atoms with van der Waals surface area (Å²) in [6.45, 7) is 0. The second kappa shape index (κ2) is 14.6. The van der Waals surface area contributed by atoms with Gasteiger partial charge < -0.3 is 9.80 Å². The van der Waals surface area contributed by atoms with Crippen molar-refractivity contribution in [1.29, 1.82) is 0 Å². The van der Waals surface area contributed by atoms with E-state index in [-0.39, 0.29) is 5.41 Å². The van der Waals surface area contributed by atoms with Gasteiger partial charge in [-0.25, -0.2) is 0 Å². The predicted octanol–water partition coefficient (Wildman–Crippen LogP) is 13.7. The van der Waals surface area contributed by atoms with Gasteiger partial charge in [-0.1, -0.05) is 122 Å². The maximum absolute atomic E-state index is 2.40. The Morgan fingerprint density at radius 2 is 0.800 bits per heavy atom. The van der Waals surface area contributed by atoms with Gasteiger partial charge in [0.1, 0.15) is 0 Å². The summed E-state index contributed by atoms with van der Waals surface area (Å²) >= 11 is 0. The minimum absolute atomic E-state index is 0.0741. The van der Waals surface area contributed by atoms with Crippen LogP contribution in [0.1, 0.15) is 74.0 Å². The quantitative estimate of drug-likeness (QED) is 0.144. The Labute approximate surface area is 298 Å². The van der Waals surface area contributed by atoms with Gasteiger partial charge in [-0.05, 0) is 128 Å². The van der Waals surface area contributed by atoms with Gasteiger partial charge in [0.2, 0.25) is 0 Å². The molecule has 6 aromatic rings. The Bertz CT molecular complexity index is 1940. The summed E-state index contributed by atoms with van der Waals surface area (Å²) in [5, 5.41) is 0.